The third-order valence-electron chi connectivity index (χ3n) is 3.12. The van der Waals surface area contributed by atoms with E-state index in [2.05, 4.69) is 0 Å². The number of ketones is 1. The molecule has 0 heterocycles. The molecule has 0 fully saturated rings. The zero-order valence-corrected chi connectivity index (χ0v) is 12.0. The average Bonchev–Trinajstić information content (AvgIpc) is 2.46. The number of benzene rings is 2. The van der Waals surface area contributed by atoms with Crippen molar-refractivity contribution in [2.24, 2.45) is 0 Å². The third kappa shape index (κ3) is 3.35. The lowest BCUT2D eigenvalue weighted by molar-refractivity contribution is 0.104. The molecule has 0 bridgehead atoms. The first-order valence-electron chi connectivity index (χ1n) is 6.54. The maximum absolute atomic E-state index is 12.3. The SMILES string of the molecule is COc1ccc(C)cc1C(=O)/C=C/c1ccc(C)cc1. The molecule has 102 valence electrons. The molecule has 0 unspecified atom stereocenters. The maximum Gasteiger partial charge on any atom is 0.189 e. The summed E-state index contributed by atoms with van der Waals surface area (Å²) in [5.41, 5.74) is 3.85. The van der Waals surface area contributed by atoms with E-state index in [0.717, 1.165) is 11.1 Å². The third-order valence-corrected chi connectivity index (χ3v) is 3.12. The first kappa shape index (κ1) is 14.1. The molecule has 20 heavy (non-hydrogen) atoms. The van der Waals surface area contributed by atoms with Gasteiger partial charge in [-0.3, -0.25) is 4.79 Å². The summed E-state index contributed by atoms with van der Waals surface area (Å²) < 4.78 is 5.23. The largest absolute Gasteiger partial charge is 0.496 e. The van der Waals surface area contributed by atoms with Gasteiger partial charge < -0.3 is 4.74 Å². The molecule has 0 spiro atoms. The van der Waals surface area contributed by atoms with Gasteiger partial charge in [-0.25, -0.2) is 0 Å². The van der Waals surface area contributed by atoms with Crippen LogP contribution in [0.4, 0.5) is 0 Å². The van der Waals surface area contributed by atoms with E-state index in [0.29, 0.717) is 11.3 Å². The van der Waals surface area contributed by atoms with Crippen LogP contribution in [-0.2, 0) is 0 Å². The van der Waals surface area contributed by atoms with Crippen LogP contribution in [0, 0.1) is 13.8 Å². The van der Waals surface area contributed by atoms with Gasteiger partial charge in [-0.1, -0.05) is 47.5 Å². The first-order chi connectivity index (χ1) is 9.60. The molecule has 2 rings (SSSR count). The van der Waals surface area contributed by atoms with Crippen LogP contribution >= 0.6 is 0 Å². The molecule has 0 aliphatic carbocycles. The van der Waals surface area contributed by atoms with Crippen LogP contribution in [0.1, 0.15) is 27.0 Å². The van der Waals surface area contributed by atoms with Crippen LogP contribution in [0.3, 0.4) is 0 Å². The number of ether oxygens (including phenoxy) is 1. The van der Waals surface area contributed by atoms with E-state index in [1.54, 1.807) is 13.2 Å². The summed E-state index contributed by atoms with van der Waals surface area (Å²) >= 11 is 0. The smallest absolute Gasteiger partial charge is 0.189 e. The maximum atomic E-state index is 12.3. The fourth-order valence-corrected chi connectivity index (χ4v) is 1.95. The van der Waals surface area contributed by atoms with E-state index in [9.17, 15) is 4.79 Å². The Morgan fingerprint density at radius 2 is 1.65 bits per heavy atom. The molecular weight excluding hydrogens is 248 g/mol. The first-order valence-corrected chi connectivity index (χ1v) is 6.54. The molecule has 0 radical (unpaired) electrons. The Hall–Kier alpha value is -2.35. The second kappa shape index (κ2) is 6.20. The van der Waals surface area contributed by atoms with E-state index >= 15 is 0 Å². The monoisotopic (exact) mass is 266 g/mol. The van der Waals surface area contributed by atoms with E-state index in [4.69, 9.17) is 4.74 Å². The zero-order valence-electron chi connectivity index (χ0n) is 12.0. The highest BCUT2D eigenvalue weighted by atomic mass is 16.5. The van der Waals surface area contributed by atoms with Crippen molar-refractivity contribution in [3.8, 4) is 5.75 Å². The van der Waals surface area contributed by atoms with E-state index < -0.39 is 0 Å². The lowest BCUT2D eigenvalue weighted by atomic mass is 10.0. The number of hydrogen-bond acceptors (Lipinski definition) is 2. The van der Waals surface area contributed by atoms with E-state index in [1.165, 1.54) is 5.56 Å². The molecule has 0 N–H and O–H groups in total. The molecule has 2 aromatic carbocycles. The Labute approximate surface area is 119 Å². The van der Waals surface area contributed by atoms with Crippen LogP contribution in [0.5, 0.6) is 5.75 Å². The van der Waals surface area contributed by atoms with Crippen molar-refractivity contribution in [3.63, 3.8) is 0 Å². The van der Waals surface area contributed by atoms with Crippen molar-refractivity contribution >= 4 is 11.9 Å². The molecule has 0 saturated carbocycles. The Balaban J connectivity index is 2.23. The lowest BCUT2D eigenvalue weighted by Gasteiger charge is -2.06. The van der Waals surface area contributed by atoms with Crippen molar-refractivity contribution in [1.82, 2.24) is 0 Å². The van der Waals surface area contributed by atoms with Gasteiger partial charge in [0.05, 0.1) is 12.7 Å². The van der Waals surface area contributed by atoms with Gasteiger partial charge in [0.15, 0.2) is 5.78 Å². The summed E-state index contributed by atoms with van der Waals surface area (Å²) in [6.45, 7) is 4.00. The number of allylic oxidation sites excluding steroid dienone is 1. The fraction of sp³-hybridized carbons (Fsp3) is 0.167. The molecule has 0 aliphatic heterocycles. The second-order valence-corrected chi connectivity index (χ2v) is 4.81. The minimum atomic E-state index is -0.0499. The average molecular weight is 266 g/mol. The summed E-state index contributed by atoms with van der Waals surface area (Å²) in [6, 6.07) is 13.6. The summed E-state index contributed by atoms with van der Waals surface area (Å²) in [4.78, 5) is 12.3. The van der Waals surface area contributed by atoms with Gasteiger partial charge in [-0.05, 0) is 37.6 Å². The number of hydrogen-bond donors (Lipinski definition) is 0. The van der Waals surface area contributed by atoms with Crippen molar-refractivity contribution in [3.05, 3.63) is 70.8 Å². The van der Waals surface area contributed by atoms with Crippen LogP contribution in [0.15, 0.2) is 48.5 Å². The van der Waals surface area contributed by atoms with Crippen molar-refractivity contribution < 1.29 is 9.53 Å². The summed E-state index contributed by atoms with van der Waals surface area (Å²) in [5.74, 6) is 0.556. The number of aryl methyl sites for hydroxylation is 2. The topological polar surface area (TPSA) is 26.3 Å². The highest BCUT2D eigenvalue weighted by Crippen LogP contribution is 2.21. The van der Waals surface area contributed by atoms with Gasteiger partial charge in [0, 0.05) is 0 Å². The summed E-state index contributed by atoms with van der Waals surface area (Å²) in [6.07, 6.45) is 3.41. The predicted molar refractivity (Wildman–Crippen MR) is 82.3 cm³/mol. The minimum Gasteiger partial charge on any atom is -0.496 e. The molecule has 2 nitrogen and oxygen atoms in total. The molecule has 2 heteroatoms. The Morgan fingerprint density at radius 1 is 1.00 bits per heavy atom. The summed E-state index contributed by atoms with van der Waals surface area (Å²) in [5, 5.41) is 0. The summed E-state index contributed by atoms with van der Waals surface area (Å²) in [7, 11) is 1.57. The van der Waals surface area contributed by atoms with Gasteiger partial charge in [0.1, 0.15) is 5.75 Å². The second-order valence-electron chi connectivity index (χ2n) is 4.81. The molecular formula is C18H18O2. The molecule has 0 aliphatic rings. The number of methoxy groups -OCH3 is 1. The van der Waals surface area contributed by atoms with Crippen LogP contribution < -0.4 is 4.74 Å². The predicted octanol–water partition coefficient (Wildman–Crippen LogP) is 4.21. The normalized spacial score (nSPS) is 10.8. The zero-order chi connectivity index (χ0) is 14.5. The molecule has 2 aromatic rings. The Morgan fingerprint density at radius 3 is 2.30 bits per heavy atom. The minimum absolute atomic E-state index is 0.0499. The number of carbonyl (C=O) groups is 1. The molecule has 0 saturated heterocycles. The van der Waals surface area contributed by atoms with Gasteiger partial charge in [0.2, 0.25) is 0 Å². The standard InChI is InChI=1S/C18H18O2/c1-13-4-7-15(8-5-13)9-10-17(19)16-12-14(2)6-11-18(16)20-3/h4-12H,1-3H3/b10-9+. The van der Waals surface area contributed by atoms with Crippen LogP contribution in [0.2, 0.25) is 0 Å². The van der Waals surface area contributed by atoms with Gasteiger partial charge in [-0.15, -0.1) is 0 Å². The van der Waals surface area contributed by atoms with E-state index in [1.807, 2.05) is 62.4 Å². The molecule has 0 aromatic heterocycles. The van der Waals surface area contributed by atoms with Gasteiger partial charge >= 0.3 is 0 Å². The van der Waals surface area contributed by atoms with Crippen molar-refractivity contribution in [1.29, 1.82) is 0 Å². The van der Waals surface area contributed by atoms with E-state index in [-0.39, 0.29) is 5.78 Å². The Kier molecular flexibility index (Phi) is 4.36. The highest BCUT2D eigenvalue weighted by Gasteiger charge is 2.09. The lowest BCUT2D eigenvalue weighted by Crippen LogP contribution is -1.99. The Bertz CT molecular complexity index is 637. The van der Waals surface area contributed by atoms with Gasteiger partial charge in [-0.2, -0.15) is 0 Å². The van der Waals surface area contributed by atoms with Crippen LogP contribution in [0.25, 0.3) is 6.08 Å². The molecule has 0 atom stereocenters. The van der Waals surface area contributed by atoms with Gasteiger partial charge in [0.25, 0.3) is 0 Å². The fourth-order valence-electron chi connectivity index (χ4n) is 1.95. The number of carbonyl (C=O) groups excluding carboxylic acids is 1. The highest BCUT2D eigenvalue weighted by molar-refractivity contribution is 6.08. The molecule has 0 amide bonds. The van der Waals surface area contributed by atoms with Crippen molar-refractivity contribution in [2.45, 2.75) is 13.8 Å². The number of rotatable bonds is 4. The quantitative estimate of drug-likeness (QED) is 0.612. The van der Waals surface area contributed by atoms with Crippen LogP contribution in [-0.4, -0.2) is 12.9 Å². The van der Waals surface area contributed by atoms with Crippen molar-refractivity contribution in [2.75, 3.05) is 7.11 Å².